The molecule has 5 amide bonds. The number of amides is 5. The molecule has 0 rings (SSSR count). The van der Waals surface area contributed by atoms with Crippen LogP contribution in [0, 0.1) is 29.6 Å². The zero-order valence-corrected chi connectivity index (χ0v) is 41.3. The maximum absolute atomic E-state index is 13.5. The van der Waals surface area contributed by atoms with Gasteiger partial charge < -0.3 is 62.3 Å². The number of nitrogens with one attached hydrogen (secondary N) is 5. The fraction of sp³-hybridized carbons (Fsp3) is 0.773. The van der Waals surface area contributed by atoms with Gasteiger partial charge in [-0.2, -0.15) is 0 Å². The van der Waals surface area contributed by atoms with Crippen LogP contribution in [0.4, 0.5) is 0 Å². The van der Waals surface area contributed by atoms with E-state index >= 15 is 0 Å². The molecule has 0 fully saturated rings. The van der Waals surface area contributed by atoms with Gasteiger partial charge in [-0.05, 0) is 49.4 Å². The van der Waals surface area contributed by atoms with Gasteiger partial charge in [0.25, 0.3) is 0 Å². The van der Waals surface area contributed by atoms with Crippen molar-refractivity contribution >= 4 is 59.4 Å². The van der Waals surface area contributed by atoms with E-state index in [1.54, 1.807) is 27.7 Å². The number of aliphatic carboxylic acids is 5. The van der Waals surface area contributed by atoms with Gasteiger partial charge in [-0.1, -0.05) is 69.2 Å². The number of carbonyl (C=O) groups is 10. The predicted molar refractivity (Wildman–Crippen MR) is 246 cm³/mol. The third-order valence-corrected chi connectivity index (χ3v) is 9.86. The summed E-state index contributed by atoms with van der Waals surface area (Å²) in [5.74, 6) is -9.16. The Bertz CT molecular complexity index is 1590. The highest BCUT2D eigenvalue weighted by atomic mass is 16.4. The molecule has 24 nitrogen and oxygen atoms in total. The van der Waals surface area contributed by atoms with E-state index in [0.717, 1.165) is 9.80 Å². The molecule has 0 aromatic rings. The summed E-state index contributed by atoms with van der Waals surface area (Å²) in [5, 5.41) is 78.3. The van der Waals surface area contributed by atoms with E-state index in [-0.39, 0.29) is 55.0 Å². The highest BCUT2D eigenvalue weighted by Gasteiger charge is 2.34. The van der Waals surface area contributed by atoms with E-state index in [2.05, 4.69) is 26.6 Å². The van der Waals surface area contributed by atoms with Crippen molar-refractivity contribution < 1.29 is 83.7 Å². The lowest BCUT2D eigenvalue weighted by molar-refractivity contribution is -0.145. The largest absolute Gasteiger partial charge is 0.481 e. The number of aliphatic hydroxyl groups is 2. The van der Waals surface area contributed by atoms with Gasteiger partial charge in [0.05, 0.1) is 63.3 Å². The first-order valence-electron chi connectivity index (χ1n) is 22.6. The SMILES string of the molecule is CC(C)CC(=O)N[C@H](C(=O)N[C@H](C(=O)N[C@@H](CC(C)C)[C@@H](O)CC(=O)N[C@@H](C)C(=O)N[C@@H](CC(C)C)[C@@H](O)CC(=O)O)C(C)C)C(C)C.O=C(O)CN(CCN(CC(=O)O)CC(=O)O)CC(=O)O. The quantitative estimate of drug-likeness (QED) is 0.0390. The van der Waals surface area contributed by atoms with Crippen LogP contribution >= 0.6 is 0 Å². The zero-order valence-electron chi connectivity index (χ0n) is 41.3. The Labute approximate surface area is 398 Å². The van der Waals surface area contributed by atoms with Crippen molar-refractivity contribution in [2.24, 2.45) is 29.6 Å². The Morgan fingerprint density at radius 2 is 0.735 bits per heavy atom. The van der Waals surface area contributed by atoms with Crippen molar-refractivity contribution in [2.45, 2.75) is 151 Å². The Morgan fingerprint density at radius 1 is 0.397 bits per heavy atom. The molecule has 392 valence electrons. The van der Waals surface area contributed by atoms with E-state index in [0.29, 0.717) is 12.8 Å². The van der Waals surface area contributed by atoms with Crippen LogP contribution in [0.15, 0.2) is 0 Å². The minimum absolute atomic E-state index is 0.0152. The average Bonchev–Trinajstić information content (AvgIpc) is 3.15. The molecule has 0 spiro atoms. The second-order valence-corrected chi connectivity index (χ2v) is 18.8. The Kier molecular flexibility index (Phi) is 31.5. The number of nitrogens with zero attached hydrogens (tertiary/aromatic N) is 2. The number of rotatable bonds is 33. The van der Waals surface area contributed by atoms with Crippen LogP contribution in [0.1, 0.15) is 108 Å². The molecular weight excluding hydrogens is 899 g/mol. The second kappa shape index (κ2) is 33.1. The highest BCUT2D eigenvalue weighted by molar-refractivity contribution is 5.92. The van der Waals surface area contributed by atoms with E-state index in [9.17, 15) is 58.2 Å². The molecule has 0 radical (unpaired) electrons. The van der Waals surface area contributed by atoms with Crippen LogP contribution in [-0.4, -0.2) is 187 Å². The van der Waals surface area contributed by atoms with Crippen molar-refractivity contribution in [1.82, 2.24) is 36.4 Å². The van der Waals surface area contributed by atoms with Crippen molar-refractivity contribution in [3.05, 3.63) is 0 Å². The molecule has 0 saturated heterocycles. The summed E-state index contributed by atoms with van der Waals surface area (Å²) in [6.07, 6.45) is -2.76. The van der Waals surface area contributed by atoms with E-state index in [4.69, 9.17) is 25.5 Å². The van der Waals surface area contributed by atoms with Crippen LogP contribution in [0.2, 0.25) is 0 Å². The molecule has 0 aliphatic rings. The maximum atomic E-state index is 13.5. The summed E-state index contributed by atoms with van der Waals surface area (Å²) in [4.78, 5) is 120. The lowest BCUT2D eigenvalue weighted by Gasteiger charge is -2.31. The lowest BCUT2D eigenvalue weighted by atomic mass is 9.95. The minimum Gasteiger partial charge on any atom is -0.481 e. The first-order chi connectivity index (χ1) is 31.2. The number of hydrogen-bond acceptors (Lipinski definition) is 14. The molecule has 0 saturated carbocycles. The number of carboxylic acid groups (broad SMARTS) is 5. The normalized spacial score (nSPS) is 14.5. The van der Waals surface area contributed by atoms with Crippen LogP contribution in [0.25, 0.3) is 0 Å². The summed E-state index contributed by atoms with van der Waals surface area (Å²) >= 11 is 0. The van der Waals surface area contributed by atoms with Gasteiger partial charge in [0.1, 0.15) is 18.1 Å². The second-order valence-electron chi connectivity index (χ2n) is 18.8. The Morgan fingerprint density at radius 3 is 1.07 bits per heavy atom. The van der Waals surface area contributed by atoms with Gasteiger partial charge >= 0.3 is 29.8 Å². The topological polar surface area (TPSA) is 379 Å². The van der Waals surface area contributed by atoms with E-state index < -0.39 is 135 Å². The van der Waals surface area contributed by atoms with Crippen molar-refractivity contribution in [3.63, 3.8) is 0 Å². The summed E-state index contributed by atoms with van der Waals surface area (Å²) in [6.45, 7) is 17.6. The van der Waals surface area contributed by atoms with Crippen LogP contribution in [0.5, 0.6) is 0 Å². The molecule has 12 N–H and O–H groups in total. The van der Waals surface area contributed by atoms with Crippen molar-refractivity contribution in [1.29, 1.82) is 0 Å². The number of hydrogen-bond donors (Lipinski definition) is 12. The first-order valence-corrected chi connectivity index (χ1v) is 22.6. The van der Waals surface area contributed by atoms with Crippen molar-refractivity contribution in [2.75, 3.05) is 39.3 Å². The smallest absolute Gasteiger partial charge is 0.317 e. The van der Waals surface area contributed by atoms with E-state index in [1.807, 2.05) is 41.5 Å². The molecular formula is C44H79N7O17. The predicted octanol–water partition coefficient (Wildman–Crippen LogP) is -0.604. The van der Waals surface area contributed by atoms with E-state index in [1.165, 1.54) is 6.92 Å². The molecule has 0 heterocycles. The summed E-state index contributed by atoms with van der Waals surface area (Å²) in [5.41, 5.74) is 0. The minimum atomic E-state index is -1.33. The molecule has 0 aromatic heterocycles. The summed E-state index contributed by atoms with van der Waals surface area (Å²) in [7, 11) is 0. The molecule has 0 aliphatic heterocycles. The fourth-order valence-corrected chi connectivity index (χ4v) is 6.63. The average molecular weight is 978 g/mol. The third kappa shape index (κ3) is 30.8. The molecule has 68 heavy (non-hydrogen) atoms. The molecule has 0 aromatic carbocycles. The standard InChI is InChI=1S/C34H63N5O9.C10H16N2O8/c1-17(2)12-23(37-33(47)31(21(9)10)39-34(48)30(20(7)8)38-27(42)14-19(5)6)25(40)15-28(43)35-22(11)32(46)36-24(13-18(3)4)26(41)16-29(44)45;13-7(14)3-11(4-8(15)16)1-2-12(5-9(17)18)6-10(19)20/h17-26,30-31,40-41H,12-16H2,1-11H3,(H,35,43)(H,36,46)(H,37,47)(H,38,42)(H,39,48)(H,44,45);1-6H2,(H,13,14)(H,15,16)(H,17,18)(H,19,20)/t22-,23-,24-,25-,26-,30-,31-;/m0./s1. The zero-order chi connectivity index (χ0) is 53.2. The molecule has 0 bridgehead atoms. The number of carboxylic acids is 5. The fourth-order valence-electron chi connectivity index (χ4n) is 6.63. The maximum Gasteiger partial charge on any atom is 0.317 e. The first kappa shape index (κ1) is 64.6. The van der Waals surface area contributed by atoms with Crippen LogP contribution in [0.3, 0.4) is 0 Å². The Balaban J connectivity index is 0. The lowest BCUT2D eigenvalue weighted by Crippen LogP contribution is -2.59. The molecule has 7 atom stereocenters. The Hall–Kier alpha value is -5.46. The van der Waals surface area contributed by atoms with Crippen molar-refractivity contribution in [3.8, 4) is 0 Å². The van der Waals surface area contributed by atoms with Gasteiger partial charge in [-0.15, -0.1) is 0 Å². The number of aliphatic hydroxyl groups excluding tert-OH is 2. The molecule has 0 unspecified atom stereocenters. The van der Waals surface area contributed by atoms with Crippen LogP contribution < -0.4 is 26.6 Å². The van der Waals surface area contributed by atoms with Gasteiger partial charge in [0, 0.05) is 19.5 Å². The highest BCUT2D eigenvalue weighted by Crippen LogP contribution is 2.15. The van der Waals surface area contributed by atoms with Gasteiger partial charge in [-0.25, -0.2) is 0 Å². The van der Waals surface area contributed by atoms with Gasteiger partial charge in [0.2, 0.25) is 29.5 Å². The molecule has 0 aliphatic carbocycles. The van der Waals surface area contributed by atoms with Gasteiger partial charge in [-0.3, -0.25) is 57.7 Å². The molecule has 24 heteroatoms. The summed E-state index contributed by atoms with van der Waals surface area (Å²) < 4.78 is 0. The third-order valence-electron chi connectivity index (χ3n) is 9.86. The monoisotopic (exact) mass is 978 g/mol. The summed E-state index contributed by atoms with van der Waals surface area (Å²) in [6, 6.07) is -4.61. The van der Waals surface area contributed by atoms with Crippen LogP contribution in [-0.2, 0) is 47.9 Å². The van der Waals surface area contributed by atoms with Gasteiger partial charge in [0.15, 0.2) is 0 Å². The number of carbonyl (C=O) groups excluding carboxylic acids is 5.